The molecule has 0 aromatic carbocycles. The van der Waals surface area contributed by atoms with E-state index in [1.54, 1.807) is 20.3 Å². The van der Waals surface area contributed by atoms with Crippen molar-refractivity contribution in [2.45, 2.75) is 13.3 Å². The van der Waals surface area contributed by atoms with Crippen molar-refractivity contribution >= 4 is 13.3 Å². The second-order valence-electron chi connectivity index (χ2n) is 3.48. The van der Waals surface area contributed by atoms with Crippen molar-refractivity contribution in [3.63, 3.8) is 0 Å². The highest BCUT2D eigenvalue weighted by atomic mass is 31.2. The number of hydrogen-bond acceptors (Lipinski definition) is 3. The van der Waals surface area contributed by atoms with Crippen molar-refractivity contribution in [1.29, 1.82) is 0 Å². The highest BCUT2D eigenvalue weighted by molar-refractivity contribution is 7.57. The number of carbonyl (C=O) groups is 1. The largest absolute Gasteiger partial charge is 0.352 e. The minimum Gasteiger partial charge on any atom is -0.352 e. The van der Waals surface area contributed by atoms with Crippen molar-refractivity contribution in [2.75, 3.05) is 26.5 Å². The Morgan fingerprint density at radius 1 is 1.50 bits per heavy atom. The molecule has 0 bridgehead atoms. The molecule has 4 nitrogen and oxygen atoms in total. The van der Waals surface area contributed by atoms with Crippen LogP contribution in [-0.4, -0.2) is 32.4 Å². The fourth-order valence-electron chi connectivity index (χ4n) is 0.709. The fraction of sp³-hybridized carbons (Fsp3) is 0.667. The van der Waals surface area contributed by atoms with Gasteiger partial charge >= 0.3 is 0 Å². The molecule has 0 aliphatic heterocycles. The standard InChI is InChI=1S/C9H18NO3P/c1-8(2)9(11)10-6-5-7-13-14(3,4)12/h1,5-7H2,2-4H3,(H,10,11). The first kappa shape index (κ1) is 13.4. The Morgan fingerprint density at radius 2 is 2.07 bits per heavy atom. The summed E-state index contributed by atoms with van der Waals surface area (Å²) < 4.78 is 16.1. The summed E-state index contributed by atoms with van der Waals surface area (Å²) >= 11 is 0. The molecule has 0 fully saturated rings. The molecule has 0 heterocycles. The van der Waals surface area contributed by atoms with Gasteiger partial charge in [-0.3, -0.25) is 9.36 Å². The number of amides is 1. The van der Waals surface area contributed by atoms with Gasteiger partial charge in [0.15, 0.2) is 7.37 Å². The summed E-state index contributed by atoms with van der Waals surface area (Å²) in [7, 11) is -2.38. The van der Waals surface area contributed by atoms with E-state index in [1.807, 2.05) is 0 Å². The second kappa shape index (κ2) is 5.99. The summed E-state index contributed by atoms with van der Waals surface area (Å²) in [4.78, 5) is 11.0. The summed E-state index contributed by atoms with van der Waals surface area (Å²) in [6.45, 7) is 9.22. The molecular formula is C9H18NO3P. The zero-order valence-electron chi connectivity index (χ0n) is 9.00. The average Bonchev–Trinajstić information content (AvgIpc) is 2.01. The van der Waals surface area contributed by atoms with Gasteiger partial charge in [-0.1, -0.05) is 6.58 Å². The Morgan fingerprint density at radius 3 is 2.50 bits per heavy atom. The van der Waals surface area contributed by atoms with Gasteiger partial charge in [-0.2, -0.15) is 0 Å². The molecule has 14 heavy (non-hydrogen) atoms. The quantitative estimate of drug-likeness (QED) is 0.419. The van der Waals surface area contributed by atoms with E-state index in [0.717, 1.165) is 0 Å². The van der Waals surface area contributed by atoms with Gasteiger partial charge in [0, 0.05) is 25.4 Å². The second-order valence-corrected chi connectivity index (χ2v) is 6.24. The monoisotopic (exact) mass is 219 g/mol. The van der Waals surface area contributed by atoms with E-state index in [9.17, 15) is 9.36 Å². The third-order valence-electron chi connectivity index (χ3n) is 1.40. The predicted molar refractivity (Wildman–Crippen MR) is 57.8 cm³/mol. The van der Waals surface area contributed by atoms with Crippen LogP contribution in [-0.2, 0) is 13.9 Å². The first-order chi connectivity index (χ1) is 6.33. The van der Waals surface area contributed by atoms with Crippen molar-refractivity contribution in [2.24, 2.45) is 0 Å². The van der Waals surface area contributed by atoms with Crippen LogP contribution in [0.4, 0.5) is 0 Å². The van der Waals surface area contributed by atoms with Gasteiger partial charge < -0.3 is 9.84 Å². The molecule has 0 aromatic rings. The lowest BCUT2D eigenvalue weighted by Crippen LogP contribution is -2.25. The topological polar surface area (TPSA) is 55.4 Å². The van der Waals surface area contributed by atoms with E-state index in [4.69, 9.17) is 4.52 Å². The Balaban J connectivity index is 3.44. The molecule has 0 saturated carbocycles. The minimum absolute atomic E-state index is 0.152. The first-order valence-corrected chi connectivity index (χ1v) is 6.98. The van der Waals surface area contributed by atoms with Crippen LogP contribution >= 0.6 is 7.37 Å². The highest BCUT2D eigenvalue weighted by Gasteiger charge is 2.06. The molecule has 0 aliphatic carbocycles. The van der Waals surface area contributed by atoms with Crippen molar-refractivity contribution in [3.8, 4) is 0 Å². The lowest BCUT2D eigenvalue weighted by molar-refractivity contribution is -0.117. The number of nitrogens with one attached hydrogen (secondary N) is 1. The van der Waals surface area contributed by atoms with E-state index in [2.05, 4.69) is 11.9 Å². The van der Waals surface area contributed by atoms with E-state index in [0.29, 0.717) is 25.1 Å². The molecule has 0 radical (unpaired) electrons. The van der Waals surface area contributed by atoms with Crippen LogP contribution in [0.2, 0.25) is 0 Å². The van der Waals surface area contributed by atoms with Gasteiger partial charge in [0.1, 0.15) is 0 Å². The maximum Gasteiger partial charge on any atom is 0.246 e. The Bertz CT molecular complexity index is 257. The molecule has 0 unspecified atom stereocenters. The average molecular weight is 219 g/mol. The molecule has 0 atom stereocenters. The zero-order chi connectivity index (χ0) is 11.2. The summed E-state index contributed by atoms with van der Waals surface area (Å²) in [6, 6.07) is 0. The van der Waals surface area contributed by atoms with Crippen molar-refractivity contribution in [1.82, 2.24) is 5.32 Å². The van der Waals surface area contributed by atoms with Crippen LogP contribution in [0, 0.1) is 0 Å². The zero-order valence-corrected chi connectivity index (χ0v) is 9.89. The molecule has 1 N–H and O–H groups in total. The summed E-state index contributed by atoms with van der Waals surface area (Å²) in [6.07, 6.45) is 0.657. The highest BCUT2D eigenvalue weighted by Crippen LogP contribution is 2.36. The maximum atomic E-state index is 11.1. The molecule has 82 valence electrons. The number of carbonyl (C=O) groups excluding carboxylic acids is 1. The van der Waals surface area contributed by atoms with Crippen LogP contribution in [0.5, 0.6) is 0 Å². The van der Waals surface area contributed by atoms with Crippen LogP contribution in [0.1, 0.15) is 13.3 Å². The SMILES string of the molecule is C=C(C)C(=O)NCCCOP(C)(C)=O. The fourth-order valence-corrected chi connectivity index (χ4v) is 1.28. The molecule has 5 heteroatoms. The Kier molecular flexibility index (Phi) is 5.73. The summed E-state index contributed by atoms with van der Waals surface area (Å²) in [5.74, 6) is -0.152. The molecule has 0 rings (SSSR count). The van der Waals surface area contributed by atoms with Gasteiger partial charge in [0.2, 0.25) is 5.91 Å². The van der Waals surface area contributed by atoms with Crippen molar-refractivity contribution in [3.05, 3.63) is 12.2 Å². The summed E-state index contributed by atoms with van der Waals surface area (Å²) in [5, 5.41) is 2.66. The van der Waals surface area contributed by atoms with E-state index in [-0.39, 0.29) is 5.91 Å². The normalized spacial score (nSPS) is 11.1. The lowest BCUT2D eigenvalue weighted by atomic mass is 10.3. The van der Waals surface area contributed by atoms with Crippen LogP contribution < -0.4 is 5.32 Å². The van der Waals surface area contributed by atoms with Gasteiger partial charge in [-0.15, -0.1) is 0 Å². The molecule has 0 aromatic heterocycles. The van der Waals surface area contributed by atoms with E-state index in [1.165, 1.54) is 0 Å². The van der Waals surface area contributed by atoms with Gasteiger partial charge in [-0.25, -0.2) is 0 Å². The molecule has 1 amide bonds. The van der Waals surface area contributed by atoms with Crippen LogP contribution in [0.25, 0.3) is 0 Å². The lowest BCUT2D eigenvalue weighted by Gasteiger charge is -2.08. The Labute approximate surface area is 85.2 Å². The molecule has 0 saturated heterocycles. The van der Waals surface area contributed by atoms with E-state index >= 15 is 0 Å². The van der Waals surface area contributed by atoms with Gasteiger partial charge in [0.25, 0.3) is 0 Å². The minimum atomic E-state index is -2.38. The molecular weight excluding hydrogens is 201 g/mol. The van der Waals surface area contributed by atoms with Gasteiger partial charge in [-0.05, 0) is 13.3 Å². The number of rotatable bonds is 6. The third-order valence-corrected chi connectivity index (χ3v) is 2.20. The maximum absolute atomic E-state index is 11.1. The predicted octanol–water partition coefficient (Wildman–Crippen LogP) is 1.62. The van der Waals surface area contributed by atoms with Crippen LogP contribution in [0.3, 0.4) is 0 Å². The first-order valence-electron chi connectivity index (χ1n) is 4.46. The smallest absolute Gasteiger partial charge is 0.246 e. The molecule has 0 spiro atoms. The number of hydrogen-bond donors (Lipinski definition) is 1. The van der Waals surface area contributed by atoms with Crippen molar-refractivity contribution < 1.29 is 13.9 Å². The third kappa shape index (κ3) is 8.02. The Hall–Kier alpha value is -0.600. The van der Waals surface area contributed by atoms with Gasteiger partial charge in [0.05, 0.1) is 6.61 Å². The summed E-state index contributed by atoms with van der Waals surface area (Å²) in [5.41, 5.74) is 0.488. The van der Waals surface area contributed by atoms with E-state index < -0.39 is 7.37 Å². The molecule has 0 aliphatic rings. The van der Waals surface area contributed by atoms with Crippen LogP contribution in [0.15, 0.2) is 12.2 Å².